The first-order chi connectivity index (χ1) is 9.31. The molecule has 0 radical (unpaired) electrons. The minimum Gasteiger partial charge on any atom is -0.494 e. The van der Waals surface area contributed by atoms with E-state index in [1.54, 1.807) is 0 Å². The molecule has 0 aromatic heterocycles. The van der Waals surface area contributed by atoms with Crippen molar-refractivity contribution < 1.29 is 4.74 Å². The van der Waals surface area contributed by atoms with Gasteiger partial charge >= 0.3 is 0 Å². The van der Waals surface area contributed by atoms with Crippen LogP contribution in [0.2, 0.25) is 0 Å². The molecule has 2 rings (SSSR count). The molecule has 0 aliphatic heterocycles. The van der Waals surface area contributed by atoms with E-state index in [4.69, 9.17) is 4.74 Å². The van der Waals surface area contributed by atoms with Crippen molar-refractivity contribution in [1.82, 2.24) is 0 Å². The topological polar surface area (TPSA) is 9.23 Å². The fourth-order valence-electron chi connectivity index (χ4n) is 2.79. The van der Waals surface area contributed by atoms with Gasteiger partial charge in [-0.1, -0.05) is 51.3 Å². The zero-order valence-electron chi connectivity index (χ0n) is 12.2. The van der Waals surface area contributed by atoms with Gasteiger partial charge < -0.3 is 4.74 Å². The third-order valence-electron chi connectivity index (χ3n) is 4.09. The van der Waals surface area contributed by atoms with Gasteiger partial charge in [0, 0.05) is 0 Å². The van der Waals surface area contributed by atoms with E-state index in [0.717, 1.165) is 18.8 Å². The molecule has 0 amide bonds. The Morgan fingerprint density at radius 3 is 2.47 bits per heavy atom. The fraction of sp³-hybridized carbons (Fsp3) is 0.556. The summed E-state index contributed by atoms with van der Waals surface area (Å²) in [5.74, 6) is 1.68. The predicted octanol–water partition coefficient (Wildman–Crippen LogP) is 5.46. The molecule has 1 fully saturated rings. The Bertz CT molecular complexity index is 385. The molecule has 19 heavy (non-hydrogen) atoms. The average Bonchev–Trinajstić information content (AvgIpc) is 2.48. The Hall–Kier alpha value is -1.24. The number of hydrogen-bond acceptors (Lipinski definition) is 1. The lowest BCUT2D eigenvalue weighted by Crippen LogP contribution is -2.07. The lowest BCUT2D eigenvalue weighted by Gasteiger charge is -2.24. The van der Waals surface area contributed by atoms with E-state index in [2.05, 4.69) is 37.8 Å². The Kier molecular flexibility index (Phi) is 5.50. The van der Waals surface area contributed by atoms with Crippen molar-refractivity contribution in [3.63, 3.8) is 0 Å². The van der Waals surface area contributed by atoms with Gasteiger partial charge in [0.05, 0.1) is 6.61 Å². The molecule has 1 nitrogen and oxygen atoms in total. The number of ether oxygens (including phenoxy) is 1. The summed E-state index contributed by atoms with van der Waals surface area (Å²) in [6.07, 6.45) is 9.05. The van der Waals surface area contributed by atoms with Crippen LogP contribution in [0.15, 0.2) is 30.8 Å². The minimum absolute atomic E-state index is 0.695. The van der Waals surface area contributed by atoms with Gasteiger partial charge in [-0.15, -0.1) is 0 Å². The summed E-state index contributed by atoms with van der Waals surface area (Å²) in [4.78, 5) is 0. The monoisotopic (exact) mass is 258 g/mol. The van der Waals surface area contributed by atoms with E-state index in [1.165, 1.54) is 49.7 Å². The number of hydrogen-bond donors (Lipinski definition) is 0. The van der Waals surface area contributed by atoms with Crippen molar-refractivity contribution >= 4 is 5.57 Å². The molecule has 0 bridgehead atoms. The van der Waals surface area contributed by atoms with Crippen molar-refractivity contribution in [2.45, 2.75) is 51.9 Å². The molecule has 104 valence electrons. The molecule has 1 aromatic rings. The molecule has 1 aliphatic carbocycles. The highest BCUT2D eigenvalue weighted by atomic mass is 16.5. The van der Waals surface area contributed by atoms with E-state index in [1.807, 2.05) is 0 Å². The molecule has 1 aromatic carbocycles. The van der Waals surface area contributed by atoms with Crippen molar-refractivity contribution in [3.8, 4) is 5.75 Å². The normalized spacial score (nSPS) is 16.3. The summed E-state index contributed by atoms with van der Waals surface area (Å²) in [5, 5.41) is 0. The van der Waals surface area contributed by atoms with Gasteiger partial charge in [-0.2, -0.15) is 0 Å². The van der Waals surface area contributed by atoms with Crippen molar-refractivity contribution in [3.05, 3.63) is 36.4 Å². The van der Waals surface area contributed by atoms with Crippen LogP contribution in [0.4, 0.5) is 0 Å². The Balaban J connectivity index is 1.91. The number of allylic oxidation sites excluding steroid dienone is 1. The van der Waals surface area contributed by atoms with Gasteiger partial charge in [0.25, 0.3) is 0 Å². The molecule has 0 unspecified atom stereocenters. The van der Waals surface area contributed by atoms with Crippen LogP contribution in [0.3, 0.4) is 0 Å². The predicted molar refractivity (Wildman–Crippen MR) is 82.5 cm³/mol. The molecule has 0 atom stereocenters. The summed E-state index contributed by atoms with van der Waals surface area (Å²) in [6.45, 7) is 7.31. The first kappa shape index (κ1) is 14.2. The maximum atomic E-state index is 5.70. The molecule has 1 aliphatic rings. The standard InChI is InChI=1S/C18H26O/c1-3-4-14-19-18-12-10-17(11-13-18)15(2)16-8-6-5-7-9-16/h10-13,16H,2-9,14H2,1H3. The lowest BCUT2D eigenvalue weighted by molar-refractivity contribution is 0.309. The van der Waals surface area contributed by atoms with Crippen LogP contribution in [-0.4, -0.2) is 6.61 Å². The Morgan fingerprint density at radius 1 is 1.16 bits per heavy atom. The first-order valence-corrected chi connectivity index (χ1v) is 7.73. The highest BCUT2D eigenvalue weighted by Gasteiger charge is 2.17. The van der Waals surface area contributed by atoms with E-state index >= 15 is 0 Å². The third-order valence-corrected chi connectivity index (χ3v) is 4.09. The average molecular weight is 258 g/mol. The summed E-state index contributed by atoms with van der Waals surface area (Å²) >= 11 is 0. The van der Waals surface area contributed by atoms with Crippen LogP contribution in [0.5, 0.6) is 5.75 Å². The van der Waals surface area contributed by atoms with Crippen LogP contribution in [0.1, 0.15) is 57.4 Å². The largest absolute Gasteiger partial charge is 0.494 e. The number of unbranched alkanes of at least 4 members (excludes halogenated alkanes) is 1. The lowest BCUT2D eigenvalue weighted by atomic mass is 9.82. The quantitative estimate of drug-likeness (QED) is 0.616. The highest BCUT2D eigenvalue weighted by molar-refractivity contribution is 5.65. The van der Waals surface area contributed by atoms with Crippen molar-refractivity contribution in [2.24, 2.45) is 5.92 Å². The molecular formula is C18H26O. The Labute approximate surface area is 117 Å². The van der Waals surface area contributed by atoms with Gasteiger partial charge in [-0.25, -0.2) is 0 Å². The molecule has 1 saturated carbocycles. The molecule has 0 spiro atoms. The molecular weight excluding hydrogens is 232 g/mol. The van der Waals surface area contributed by atoms with Gasteiger partial charge in [0.15, 0.2) is 0 Å². The summed E-state index contributed by atoms with van der Waals surface area (Å²) in [6, 6.07) is 8.49. The van der Waals surface area contributed by atoms with E-state index in [9.17, 15) is 0 Å². The highest BCUT2D eigenvalue weighted by Crippen LogP contribution is 2.34. The third kappa shape index (κ3) is 4.12. The van der Waals surface area contributed by atoms with E-state index in [-0.39, 0.29) is 0 Å². The zero-order chi connectivity index (χ0) is 13.5. The zero-order valence-corrected chi connectivity index (χ0v) is 12.2. The van der Waals surface area contributed by atoms with Gasteiger partial charge in [0.2, 0.25) is 0 Å². The van der Waals surface area contributed by atoms with Crippen LogP contribution < -0.4 is 4.74 Å². The maximum absolute atomic E-state index is 5.70. The second-order valence-corrected chi connectivity index (χ2v) is 5.59. The van der Waals surface area contributed by atoms with Gasteiger partial charge in [-0.3, -0.25) is 0 Å². The fourth-order valence-corrected chi connectivity index (χ4v) is 2.79. The summed E-state index contributed by atoms with van der Waals surface area (Å²) in [7, 11) is 0. The summed E-state index contributed by atoms with van der Waals surface area (Å²) in [5.41, 5.74) is 2.61. The van der Waals surface area contributed by atoms with Crippen LogP contribution in [-0.2, 0) is 0 Å². The molecule has 0 saturated heterocycles. The minimum atomic E-state index is 0.695. The van der Waals surface area contributed by atoms with Crippen molar-refractivity contribution in [2.75, 3.05) is 6.61 Å². The van der Waals surface area contributed by atoms with Crippen molar-refractivity contribution in [1.29, 1.82) is 0 Å². The van der Waals surface area contributed by atoms with Crippen LogP contribution in [0.25, 0.3) is 5.57 Å². The molecule has 0 heterocycles. The second-order valence-electron chi connectivity index (χ2n) is 5.59. The SMILES string of the molecule is C=C(c1ccc(OCCCC)cc1)C1CCCCC1. The molecule has 0 N–H and O–H groups in total. The smallest absolute Gasteiger partial charge is 0.119 e. The Morgan fingerprint density at radius 2 is 1.84 bits per heavy atom. The summed E-state index contributed by atoms with van der Waals surface area (Å²) < 4.78 is 5.70. The first-order valence-electron chi connectivity index (χ1n) is 7.73. The maximum Gasteiger partial charge on any atom is 0.119 e. The number of rotatable bonds is 6. The van der Waals surface area contributed by atoms with Crippen LogP contribution in [0, 0.1) is 5.92 Å². The van der Waals surface area contributed by atoms with Gasteiger partial charge in [0.1, 0.15) is 5.75 Å². The second kappa shape index (κ2) is 7.37. The number of benzene rings is 1. The van der Waals surface area contributed by atoms with Gasteiger partial charge in [-0.05, 0) is 48.4 Å². The van der Waals surface area contributed by atoms with Crippen LogP contribution >= 0.6 is 0 Å². The van der Waals surface area contributed by atoms with E-state index in [0.29, 0.717) is 5.92 Å². The van der Waals surface area contributed by atoms with E-state index < -0.39 is 0 Å². The molecule has 1 heteroatoms.